The van der Waals surface area contributed by atoms with Gasteiger partial charge in [-0.1, -0.05) is 61.2 Å². The zero-order chi connectivity index (χ0) is 13.5. The van der Waals surface area contributed by atoms with Crippen molar-refractivity contribution < 1.29 is 4.74 Å². The van der Waals surface area contributed by atoms with Gasteiger partial charge in [-0.3, -0.25) is 0 Å². The molecule has 0 saturated heterocycles. The van der Waals surface area contributed by atoms with E-state index in [9.17, 15) is 0 Å². The van der Waals surface area contributed by atoms with Crippen molar-refractivity contribution in [3.8, 4) is 5.75 Å². The number of hydrogen-bond donors (Lipinski definition) is 0. The molecule has 0 aliphatic heterocycles. The van der Waals surface area contributed by atoms with Gasteiger partial charge in [-0.05, 0) is 35.8 Å². The molecule has 0 bridgehead atoms. The van der Waals surface area contributed by atoms with Crippen LogP contribution in [0.15, 0.2) is 73.3 Å². The van der Waals surface area contributed by atoms with Gasteiger partial charge in [-0.25, -0.2) is 0 Å². The highest BCUT2D eigenvalue weighted by Crippen LogP contribution is 2.21. The molecule has 0 aromatic heterocycles. The summed E-state index contributed by atoms with van der Waals surface area (Å²) in [4.78, 5) is 0. The Hall–Kier alpha value is -2.28. The number of ether oxygens (including phenoxy) is 1. The summed E-state index contributed by atoms with van der Waals surface area (Å²) >= 11 is 0. The van der Waals surface area contributed by atoms with Gasteiger partial charge in [0.25, 0.3) is 0 Å². The van der Waals surface area contributed by atoms with Crippen LogP contribution in [0, 0.1) is 0 Å². The molecule has 0 amide bonds. The van der Waals surface area contributed by atoms with Crippen molar-refractivity contribution in [2.45, 2.75) is 13.5 Å². The second-order valence-electron chi connectivity index (χ2n) is 4.25. The zero-order valence-electron chi connectivity index (χ0n) is 11.2. The van der Waals surface area contributed by atoms with Crippen LogP contribution < -0.4 is 4.74 Å². The Morgan fingerprint density at radius 1 is 1.11 bits per heavy atom. The molecule has 0 fully saturated rings. The maximum Gasteiger partial charge on any atom is 0.120 e. The lowest BCUT2D eigenvalue weighted by atomic mass is 10.1. The van der Waals surface area contributed by atoms with Crippen LogP contribution in [0.5, 0.6) is 5.75 Å². The molecular formula is C18H18O. The van der Waals surface area contributed by atoms with Crippen LogP contribution in [0.3, 0.4) is 0 Å². The minimum absolute atomic E-state index is 0.587. The van der Waals surface area contributed by atoms with E-state index in [2.05, 4.69) is 24.8 Å². The number of allylic oxidation sites excluding steroid dienone is 3. The van der Waals surface area contributed by atoms with Gasteiger partial charge in [0.1, 0.15) is 12.4 Å². The first-order valence-corrected chi connectivity index (χ1v) is 6.39. The molecule has 0 heterocycles. The van der Waals surface area contributed by atoms with Gasteiger partial charge in [0, 0.05) is 0 Å². The molecule has 0 aliphatic carbocycles. The van der Waals surface area contributed by atoms with Gasteiger partial charge in [-0.2, -0.15) is 0 Å². The zero-order valence-corrected chi connectivity index (χ0v) is 11.2. The smallest absolute Gasteiger partial charge is 0.120 e. The van der Waals surface area contributed by atoms with Crippen LogP contribution in [0.25, 0.3) is 5.57 Å². The largest absolute Gasteiger partial charge is 0.489 e. The summed E-state index contributed by atoms with van der Waals surface area (Å²) in [6.45, 7) is 6.42. The Balaban J connectivity index is 2.09. The summed E-state index contributed by atoms with van der Waals surface area (Å²) in [5.41, 5.74) is 3.41. The van der Waals surface area contributed by atoms with Gasteiger partial charge in [0.15, 0.2) is 0 Å². The van der Waals surface area contributed by atoms with Crippen molar-refractivity contribution in [2.75, 3.05) is 0 Å². The molecule has 0 unspecified atom stereocenters. The third-order valence-corrected chi connectivity index (χ3v) is 2.95. The van der Waals surface area contributed by atoms with E-state index < -0.39 is 0 Å². The van der Waals surface area contributed by atoms with E-state index in [-0.39, 0.29) is 0 Å². The van der Waals surface area contributed by atoms with Crippen molar-refractivity contribution in [1.29, 1.82) is 0 Å². The second-order valence-corrected chi connectivity index (χ2v) is 4.25. The number of benzene rings is 2. The maximum atomic E-state index is 5.81. The van der Waals surface area contributed by atoms with E-state index in [1.165, 1.54) is 5.56 Å². The summed E-state index contributed by atoms with van der Waals surface area (Å²) in [5, 5.41) is 0. The van der Waals surface area contributed by atoms with Crippen molar-refractivity contribution in [1.82, 2.24) is 0 Å². The van der Waals surface area contributed by atoms with Crippen LogP contribution >= 0.6 is 0 Å². The predicted octanol–water partition coefficient (Wildman–Crippen LogP) is 4.85. The van der Waals surface area contributed by atoms with E-state index in [0.29, 0.717) is 6.61 Å². The summed E-state index contributed by atoms with van der Waals surface area (Å²) in [6, 6.07) is 18.2. The highest BCUT2D eigenvalue weighted by molar-refractivity contribution is 5.73. The maximum absolute atomic E-state index is 5.81. The standard InChI is InChI=1S/C18H18O/c1-3-16(4-2)17-11-8-12-18(13-17)19-14-15-9-6-5-7-10-15/h3-13H,1,14H2,2H3/b16-4+. The highest BCUT2D eigenvalue weighted by Gasteiger charge is 2.00. The fourth-order valence-corrected chi connectivity index (χ4v) is 1.91. The Morgan fingerprint density at radius 3 is 2.58 bits per heavy atom. The number of rotatable bonds is 5. The van der Waals surface area contributed by atoms with Crippen LogP contribution in [-0.2, 0) is 6.61 Å². The Kier molecular flexibility index (Phi) is 4.57. The monoisotopic (exact) mass is 250 g/mol. The quantitative estimate of drug-likeness (QED) is 0.689. The molecule has 2 aromatic carbocycles. The van der Waals surface area contributed by atoms with E-state index >= 15 is 0 Å². The highest BCUT2D eigenvalue weighted by atomic mass is 16.5. The molecule has 1 heteroatoms. The van der Waals surface area contributed by atoms with Crippen LogP contribution in [0.4, 0.5) is 0 Å². The number of hydrogen-bond acceptors (Lipinski definition) is 1. The molecular weight excluding hydrogens is 232 g/mol. The molecule has 19 heavy (non-hydrogen) atoms. The molecule has 2 rings (SSSR count). The second kappa shape index (κ2) is 6.60. The SMILES string of the molecule is C=C/C(=C\C)c1cccc(OCc2ccccc2)c1. The minimum Gasteiger partial charge on any atom is -0.489 e. The van der Waals surface area contributed by atoms with E-state index in [0.717, 1.165) is 16.9 Å². The summed E-state index contributed by atoms with van der Waals surface area (Å²) < 4.78 is 5.81. The summed E-state index contributed by atoms with van der Waals surface area (Å²) in [7, 11) is 0. The van der Waals surface area contributed by atoms with Gasteiger partial charge in [0.2, 0.25) is 0 Å². The third-order valence-electron chi connectivity index (χ3n) is 2.95. The summed E-state index contributed by atoms with van der Waals surface area (Å²) in [6.07, 6.45) is 3.90. The molecule has 0 atom stereocenters. The molecule has 0 N–H and O–H groups in total. The lowest BCUT2D eigenvalue weighted by molar-refractivity contribution is 0.306. The lowest BCUT2D eigenvalue weighted by Crippen LogP contribution is -1.95. The Bertz CT molecular complexity index is 567. The van der Waals surface area contributed by atoms with Crippen LogP contribution in [0.1, 0.15) is 18.1 Å². The first kappa shape index (κ1) is 13.2. The first-order valence-electron chi connectivity index (χ1n) is 6.39. The lowest BCUT2D eigenvalue weighted by Gasteiger charge is -2.08. The average molecular weight is 250 g/mol. The fourth-order valence-electron chi connectivity index (χ4n) is 1.91. The molecule has 1 nitrogen and oxygen atoms in total. The normalized spacial score (nSPS) is 11.1. The van der Waals surface area contributed by atoms with Crippen LogP contribution in [-0.4, -0.2) is 0 Å². The Labute approximate surface area is 114 Å². The van der Waals surface area contributed by atoms with E-state index in [4.69, 9.17) is 4.74 Å². The van der Waals surface area contributed by atoms with Gasteiger partial charge in [0.05, 0.1) is 0 Å². The third kappa shape index (κ3) is 3.59. The Morgan fingerprint density at radius 2 is 1.89 bits per heavy atom. The molecule has 0 aliphatic rings. The average Bonchev–Trinajstić information content (AvgIpc) is 2.48. The van der Waals surface area contributed by atoms with Gasteiger partial charge in [-0.15, -0.1) is 0 Å². The van der Waals surface area contributed by atoms with Gasteiger partial charge < -0.3 is 4.74 Å². The molecule has 2 aromatic rings. The molecule has 0 saturated carbocycles. The topological polar surface area (TPSA) is 9.23 Å². The fraction of sp³-hybridized carbons (Fsp3) is 0.111. The summed E-state index contributed by atoms with van der Waals surface area (Å²) in [5.74, 6) is 0.877. The molecule has 96 valence electrons. The minimum atomic E-state index is 0.587. The van der Waals surface area contributed by atoms with Crippen molar-refractivity contribution >= 4 is 5.57 Å². The van der Waals surface area contributed by atoms with E-state index in [1.54, 1.807) is 0 Å². The molecule has 0 spiro atoms. The predicted molar refractivity (Wildman–Crippen MR) is 81.1 cm³/mol. The van der Waals surface area contributed by atoms with Crippen molar-refractivity contribution in [3.05, 3.63) is 84.5 Å². The molecule has 0 radical (unpaired) electrons. The first-order chi connectivity index (χ1) is 9.33. The van der Waals surface area contributed by atoms with Crippen molar-refractivity contribution in [3.63, 3.8) is 0 Å². The van der Waals surface area contributed by atoms with Crippen LogP contribution in [0.2, 0.25) is 0 Å². The van der Waals surface area contributed by atoms with E-state index in [1.807, 2.05) is 55.5 Å². The van der Waals surface area contributed by atoms with Gasteiger partial charge >= 0.3 is 0 Å². The van der Waals surface area contributed by atoms with Crippen molar-refractivity contribution in [2.24, 2.45) is 0 Å².